The van der Waals surface area contributed by atoms with Crippen molar-refractivity contribution in [3.05, 3.63) is 0 Å². The molecule has 3 amide bonds. The summed E-state index contributed by atoms with van der Waals surface area (Å²) in [4.78, 5) is 34.5. The molecule has 0 fully saturated rings. The number of aliphatic carboxylic acids is 1. The van der Waals surface area contributed by atoms with Gasteiger partial charge in [0.2, 0.25) is 5.91 Å². The largest absolute Gasteiger partial charge is 0.480 e. The van der Waals surface area contributed by atoms with Gasteiger partial charge in [-0.05, 0) is 20.8 Å². The van der Waals surface area contributed by atoms with E-state index in [-0.39, 0.29) is 26.3 Å². The van der Waals surface area contributed by atoms with E-state index in [0.717, 1.165) is 0 Å². The molecule has 0 heterocycles. The van der Waals surface area contributed by atoms with Crippen LogP contribution in [0.25, 0.3) is 0 Å². The summed E-state index contributed by atoms with van der Waals surface area (Å²) >= 11 is 0. The number of nitrogens with zero attached hydrogens (tertiary/aromatic N) is 1. The average molecular weight is 275 g/mol. The first-order chi connectivity index (χ1) is 8.73. The molecule has 0 rings (SSSR count). The van der Waals surface area contributed by atoms with Crippen molar-refractivity contribution < 1.29 is 24.2 Å². The molecule has 0 saturated carbocycles. The molecule has 0 atom stereocenters. The Kier molecular flexibility index (Phi) is 6.84. The highest BCUT2D eigenvalue weighted by Crippen LogP contribution is 2.14. The lowest BCUT2D eigenvalue weighted by atomic mass is 10.0. The Morgan fingerprint density at radius 1 is 1.37 bits per heavy atom. The Balaban J connectivity index is 4.24. The van der Waals surface area contributed by atoms with Gasteiger partial charge in [0, 0.05) is 13.1 Å². The van der Waals surface area contributed by atoms with Crippen LogP contribution in [0.5, 0.6) is 0 Å². The van der Waals surface area contributed by atoms with E-state index in [1.165, 1.54) is 18.7 Å². The van der Waals surface area contributed by atoms with Crippen LogP contribution in [0.15, 0.2) is 0 Å². The normalized spacial score (nSPS) is 10.9. The van der Waals surface area contributed by atoms with Crippen LogP contribution in [-0.4, -0.2) is 59.8 Å². The van der Waals surface area contributed by atoms with Gasteiger partial charge < -0.3 is 25.8 Å². The fourth-order valence-electron chi connectivity index (χ4n) is 1.41. The number of likely N-dealkylation sites (N-methyl/N-ethyl adjacent to an activating group) is 1. The van der Waals surface area contributed by atoms with Gasteiger partial charge in [-0.2, -0.15) is 0 Å². The van der Waals surface area contributed by atoms with Crippen LogP contribution in [-0.2, 0) is 14.3 Å². The van der Waals surface area contributed by atoms with Gasteiger partial charge in [0.05, 0.1) is 6.61 Å². The summed E-state index contributed by atoms with van der Waals surface area (Å²) in [6.45, 7) is 4.91. The van der Waals surface area contributed by atoms with E-state index in [1.807, 2.05) is 0 Å². The van der Waals surface area contributed by atoms with Crippen molar-refractivity contribution in [2.75, 3.05) is 26.3 Å². The van der Waals surface area contributed by atoms with Crippen LogP contribution in [0.2, 0.25) is 0 Å². The van der Waals surface area contributed by atoms with E-state index < -0.39 is 23.4 Å². The van der Waals surface area contributed by atoms with Gasteiger partial charge in [-0.1, -0.05) is 0 Å². The zero-order valence-electron chi connectivity index (χ0n) is 11.4. The molecule has 0 aliphatic carbocycles. The minimum atomic E-state index is -1.30. The summed E-state index contributed by atoms with van der Waals surface area (Å²) in [7, 11) is 0. The van der Waals surface area contributed by atoms with E-state index >= 15 is 0 Å². The molecule has 0 aromatic rings. The molecular weight excluding hydrogens is 254 g/mol. The number of hydrogen-bond donors (Lipinski definition) is 3. The highest BCUT2D eigenvalue weighted by atomic mass is 16.5. The number of primary amides is 1. The quantitative estimate of drug-likeness (QED) is 0.510. The Labute approximate surface area is 111 Å². The number of carbonyl (C=O) groups excluding carboxylic acids is 2. The number of urea groups is 1. The number of hydrogen-bond acceptors (Lipinski definition) is 4. The number of carbonyl (C=O) groups is 3. The second kappa shape index (κ2) is 7.57. The van der Waals surface area contributed by atoms with Gasteiger partial charge >= 0.3 is 12.0 Å². The molecule has 8 nitrogen and oxygen atoms in total. The summed E-state index contributed by atoms with van der Waals surface area (Å²) in [5, 5.41) is 11.6. The molecular formula is C11H21N3O5. The van der Waals surface area contributed by atoms with Crippen molar-refractivity contribution in [2.45, 2.75) is 26.3 Å². The van der Waals surface area contributed by atoms with Crippen LogP contribution in [0.1, 0.15) is 20.8 Å². The number of carboxylic acids is 1. The van der Waals surface area contributed by atoms with Gasteiger partial charge in [-0.3, -0.25) is 4.79 Å². The molecule has 0 aliphatic rings. The Morgan fingerprint density at radius 3 is 2.37 bits per heavy atom. The number of ether oxygens (including phenoxy) is 1. The highest BCUT2D eigenvalue weighted by Gasteiger charge is 2.36. The lowest BCUT2D eigenvalue weighted by Crippen LogP contribution is -2.56. The zero-order valence-corrected chi connectivity index (χ0v) is 11.4. The molecule has 0 unspecified atom stereocenters. The molecule has 110 valence electrons. The third-order valence-corrected chi connectivity index (χ3v) is 2.53. The number of rotatable bonds is 8. The van der Waals surface area contributed by atoms with Crippen molar-refractivity contribution in [2.24, 2.45) is 5.73 Å². The van der Waals surface area contributed by atoms with Crippen molar-refractivity contribution in [1.29, 1.82) is 0 Å². The summed E-state index contributed by atoms with van der Waals surface area (Å²) in [5.74, 6) is -1.68. The number of nitrogens with two attached hydrogens (primary N) is 1. The van der Waals surface area contributed by atoms with Gasteiger partial charge in [0.25, 0.3) is 0 Å². The van der Waals surface area contributed by atoms with Crippen LogP contribution in [0.3, 0.4) is 0 Å². The fraction of sp³-hybridized carbons (Fsp3) is 0.727. The standard InChI is InChI=1S/C11H21N3O5/c1-4-14(11(2,3)9(16)17)10(18)13-5-6-19-7-8(12)15/h4-7H2,1-3H3,(H2,12,15)(H,13,18)(H,16,17). The number of nitrogens with one attached hydrogen (secondary N) is 1. The summed E-state index contributed by atoms with van der Waals surface area (Å²) < 4.78 is 4.87. The van der Waals surface area contributed by atoms with Crippen molar-refractivity contribution in [1.82, 2.24) is 10.2 Å². The first-order valence-electron chi connectivity index (χ1n) is 5.88. The van der Waals surface area contributed by atoms with E-state index in [1.54, 1.807) is 6.92 Å². The Morgan fingerprint density at radius 2 is 1.95 bits per heavy atom. The summed E-state index contributed by atoms with van der Waals surface area (Å²) in [6.07, 6.45) is 0. The molecule has 8 heteroatoms. The molecule has 0 aromatic heterocycles. The predicted molar refractivity (Wildman–Crippen MR) is 67.5 cm³/mol. The topological polar surface area (TPSA) is 122 Å². The van der Waals surface area contributed by atoms with E-state index in [4.69, 9.17) is 15.6 Å². The second-order valence-electron chi connectivity index (χ2n) is 4.36. The van der Waals surface area contributed by atoms with E-state index in [0.29, 0.717) is 0 Å². The van der Waals surface area contributed by atoms with Crippen molar-refractivity contribution in [3.8, 4) is 0 Å². The maximum atomic E-state index is 11.8. The SMILES string of the molecule is CCN(C(=O)NCCOCC(N)=O)C(C)(C)C(=O)O. The first kappa shape index (κ1) is 17.2. The molecule has 19 heavy (non-hydrogen) atoms. The Bertz CT molecular complexity index is 343. The maximum absolute atomic E-state index is 11.8. The molecule has 0 bridgehead atoms. The van der Waals surface area contributed by atoms with Crippen LogP contribution in [0, 0.1) is 0 Å². The van der Waals surface area contributed by atoms with Gasteiger partial charge in [0.15, 0.2) is 0 Å². The first-order valence-corrected chi connectivity index (χ1v) is 5.88. The minimum Gasteiger partial charge on any atom is -0.480 e. The number of amides is 3. The molecule has 0 radical (unpaired) electrons. The summed E-state index contributed by atoms with van der Waals surface area (Å²) in [6, 6.07) is -0.502. The fourth-order valence-corrected chi connectivity index (χ4v) is 1.41. The van der Waals surface area contributed by atoms with Gasteiger partial charge in [-0.15, -0.1) is 0 Å². The molecule has 0 spiro atoms. The highest BCUT2D eigenvalue weighted by molar-refractivity contribution is 5.85. The van der Waals surface area contributed by atoms with Gasteiger partial charge in [0.1, 0.15) is 12.1 Å². The Hall–Kier alpha value is -1.83. The van der Waals surface area contributed by atoms with Crippen LogP contribution < -0.4 is 11.1 Å². The number of carboxylic acid groups (broad SMARTS) is 1. The molecule has 0 saturated heterocycles. The van der Waals surface area contributed by atoms with Gasteiger partial charge in [-0.25, -0.2) is 9.59 Å². The third-order valence-electron chi connectivity index (χ3n) is 2.53. The second-order valence-corrected chi connectivity index (χ2v) is 4.36. The smallest absolute Gasteiger partial charge is 0.329 e. The molecule has 4 N–H and O–H groups in total. The lowest BCUT2D eigenvalue weighted by molar-refractivity contribution is -0.147. The zero-order chi connectivity index (χ0) is 15.1. The third kappa shape index (κ3) is 5.56. The monoisotopic (exact) mass is 275 g/mol. The summed E-state index contributed by atoms with van der Waals surface area (Å²) in [5.41, 5.74) is 3.57. The van der Waals surface area contributed by atoms with Crippen molar-refractivity contribution in [3.63, 3.8) is 0 Å². The predicted octanol–water partition coefficient (Wildman–Crippen LogP) is -0.617. The lowest BCUT2D eigenvalue weighted by Gasteiger charge is -2.34. The van der Waals surface area contributed by atoms with Crippen LogP contribution in [0.4, 0.5) is 4.79 Å². The minimum absolute atomic E-state index is 0.125. The maximum Gasteiger partial charge on any atom is 0.329 e. The molecule has 0 aromatic carbocycles. The van der Waals surface area contributed by atoms with E-state index in [9.17, 15) is 14.4 Å². The average Bonchev–Trinajstić information content (AvgIpc) is 2.28. The van der Waals surface area contributed by atoms with Crippen molar-refractivity contribution >= 4 is 17.9 Å². The van der Waals surface area contributed by atoms with Crippen LogP contribution >= 0.6 is 0 Å². The van der Waals surface area contributed by atoms with E-state index in [2.05, 4.69) is 5.32 Å². The molecule has 0 aliphatic heterocycles.